The highest BCUT2D eigenvalue weighted by Gasteiger charge is 2.48. The number of carbonyl (C=O) groups excluding carboxylic acids is 2. The summed E-state index contributed by atoms with van der Waals surface area (Å²) < 4.78 is 34.6. The Hall–Kier alpha value is -2.74. The van der Waals surface area contributed by atoms with E-state index in [1.165, 1.54) is 18.3 Å². The highest BCUT2D eigenvalue weighted by atomic mass is 35.5. The number of pyridine rings is 1. The van der Waals surface area contributed by atoms with Crippen LogP contribution in [0.5, 0.6) is 5.88 Å². The molecule has 3 aliphatic rings. The molecule has 1 aliphatic carbocycles. The van der Waals surface area contributed by atoms with Gasteiger partial charge in [0.15, 0.2) is 0 Å². The number of rotatable bonds is 6. The Morgan fingerprint density at radius 3 is 2.46 bits per heavy atom. The molecule has 0 N–H and O–H groups in total. The van der Waals surface area contributed by atoms with E-state index in [4.69, 9.17) is 16.3 Å². The van der Waals surface area contributed by atoms with Gasteiger partial charge in [-0.25, -0.2) is 13.8 Å². The zero-order chi connectivity index (χ0) is 26.3. The molecule has 0 bridgehead atoms. The summed E-state index contributed by atoms with van der Waals surface area (Å²) in [5, 5.41) is 0.489. The van der Waals surface area contributed by atoms with Crippen LogP contribution in [0.3, 0.4) is 0 Å². The van der Waals surface area contributed by atoms with Gasteiger partial charge in [0.1, 0.15) is 17.7 Å². The molecule has 6 nitrogen and oxygen atoms in total. The van der Waals surface area contributed by atoms with Gasteiger partial charge in [-0.1, -0.05) is 24.6 Å². The van der Waals surface area contributed by atoms with Crippen molar-refractivity contribution >= 4 is 23.4 Å². The second kappa shape index (κ2) is 10.2. The van der Waals surface area contributed by atoms with Gasteiger partial charge < -0.3 is 14.5 Å². The summed E-state index contributed by atoms with van der Waals surface area (Å²) in [4.78, 5) is 34.2. The van der Waals surface area contributed by atoms with E-state index in [0.717, 1.165) is 18.9 Å². The Morgan fingerprint density at radius 1 is 1.11 bits per heavy atom. The van der Waals surface area contributed by atoms with Crippen LogP contribution in [-0.4, -0.2) is 58.9 Å². The number of amides is 2. The molecule has 5 rings (SSSR count). The van der Waals surface area contributed by atoms with Crippen LogP contribution in [0.25, 0.3) is 0 Å². The van der Waals surface area contributed by atoms with Gasteiger partial charge in [0.25, 0.3) is 0 Å². The SMILES string of the molecule is C[C@@H](Oc1ccc(Cl)cn1)[C@H]1CN(C(=O)C2CCN(C(=O)C3(C)CC3)CC2)C[C@@H]1c1ccc(F)cc1F. The fraction of sp³-hybridized carbons (Fsp3) is 0.536. The number of benzene rings is 1. The van der Waals surface area contributed by atoms with Crippen molar-refractivity contribution in [2.45, 2.75) is 51.6 Å². The molecule has 3 fully saturated rings. The lowest BCUT2D eigenvalue weighted by Gasteiger charge is -2.34. The summed E-state index contributed by atoms with van der Waals surface area (Å²) in [5.41, 5.74) is 0.167. The highest BCUT2D eigenvalue weighted by molar-refractivity contribution is 6.30. The molecule has 0 unspecified atom stereocenters. The molecule has 198 valence electrons. The lowest BCUT2D eigenvalue weighted by molar-refractivity contribution is -0.142. The van der Waals surface area contributed by atoms with Crippen LogP contribution in [0, 0.1) is 28.9 Å². The molecule has 2 aromatic rings. The lowest BCUT2D eigenvalue weighted by Crippen LogP contribution is -2.46. The number of aromatic nitrogens is 1. The van der Waals surface area contributed by atoms with Crippen LogP contribution in [-0.2, 0) is 9.59 Å². The molecule has 0 radical (unpaired) electrons. The first-order valence-electron chi connectivity index (χ1n) is 13.0. The van der Waals surface area contributed by atoms with Crippen LogP contribution < -0.4 is 4.74 Å². The number of piperidine rings is 1. The number of halogens is 3. The Labute approximate surface area is 220 Å². The van der Waals surface area contributed by atoms with Crippen molar-refractivity contribution in [2.24, 2.45) is 17.3 Å². The normalized spacial score (nSPS) is 24.1. The number of likely N-dealkylation sites (tertiary alicyclic amines) is 2. The first kappa shape index (κ1) is 25.9. The number of nitrogens with zero attached hydrogens (tertiary/aromatic N) is 3. The standard InChI is InChI=1S/C28H32ClF2N3O3/c1-17(37-25-6-3-19(29)14-32-25)22-15-34(16-23(22)21-5-4-20(30)13-24(21)31)26(35)18-7-11-33(12-8-18)27(36)28(2)9-10-28/h3-6,13-14,17-18,22-23H,7-12,15-16H2,1-2H3/t17-,22-,23-/m1/s1. The van der Waals surface area contributed by atoms with Crippen LogP contribution in [0.1, 0.15) is 51.0 Å². The fourth-order valence-electron chi connectivity index (χ4n) is 5.70. The second-order valence-electron chi connectivity index (χ2n) is 10.9. The molecule has 0 spiro atoms. The zero-order valence-electron chi connectivity index (χ0n) is 21.1. The average molecular weight is 532 g/mol. The zero-order valence-corrected chi connectivity index (χ0v) is 21.9. The van der Waals surface area contributed by atoms with Crippen LogP contribution >= 0.6 is 11.6 Å². The third kappa shape index (κ3) is 5.44. The monoisotopic (exact) mass is 531 g/mol. The number of ether oxygens (including phenoxy) is 1. The summed E-state index contributed by atoms with van der Waals surface area (Å²) >= 11 is 5.93. The minimum atomic E-state index is -0.639. The van der Waals surface area contributed by atoms with E-state index in [9.17, 15) is 18.4 Å². The molecular formula is C28H32ClF2N3O3. The van der Waals surface area contributed by atoms with Crippen molar-refractivity contribution in [3.8, 4) is 5.88 Å². The predicted molar refractivity (Wildman–Crippen MR) is 135 cm³/mol. The Balaban J connectivity index is 1.30. The number of hydrogen-bond acceptors (Lipinski definition) is 4. The van der Waals surface area contributed by atoms with Gasteiger partial charge >= 0.3 is 0 Å². The molecule has 3 heterocycles. The van der Waals surface area contributed by atoms with Crippen molar-refractivity contribution in [3.63, 3.8) is 0 Å². The van der Waals surface area contributed by atoms with E-state index in [0.29, 0.717) is 55.5 Å². The van der Waals surface area contributed by atoms with E-state index < -0.39 is 11.6 Å². The van der Waals surface area contributed by atoms with Gasteiger partial charge in [0, 0.05) is 67.7 Å². The molecule has 1 aromatic carbocycles. The topological polar surface area (TPSA) is 62.7 Å². The Kier molecular flexibility index (Phi) is 7.14. The van der Waals surface area contributed by atoms with Crippen molar-refractivity contribution in [3.05, 3.63) is 58.7 Å². The quantitative estimate of drug-likeness (QED) is 0.522. The molecule has 1 aromatic heterocycles. The van der Waals surface area contributed by atoms with Crippen molar-refractivity contribution in [1.29, 1.82) is 0 Å². The van der Waals surface area contributed by atoms with Gasteiger partial charge in [-0.05, 0) is 50.3 Å². The number of carbonyl (C=O) groups is 2. The summed E-state index contributed by atoms with van der Waals surface area (Å²) in [5.74, 6) is -1.41. The summed E-state index contributed by atoms with van der Waals surface area (Å²) in [6, 6.07) is 6.95. The first-order valence-corrected chi connectivity index (χ1v) is 13.3. The predicted octanol–water partition coefficient (Wildman–Crippen LogP) is 5.06. The average Bonchev–Trinajstić information content (AvgIpc) is 3.48. The first-order chi connectivity index (χ1) is 17.6. The van der Waals surface area contributed by atoms with Gasteiger partial charge in [-0.3, -0.25) is 9.59 Å². The maximum atomic E-state index is 14.9. The van der Waals surface area contributed by atoms with Crippen molar-refractivity contribution < 1.29 is 23.1 Å². The van der Waals surface area contributed by atoms with E-state index in [1.54, 1.807) is 17.0 Å². The largest absolute Gasteiger partial charge is 0.474 e. The van der Waals surface area contributed by atoms with E-state index >= 15 is 0 Å². The van der Waals surface area contributed by atoms with E-state index in [1.807, 2.05) is 18.7 Å². The van der Waals surface area contributed by atoms with Gasteiger partial charge in [0.05, 0.1) is 5.02 Å². The van der Waals surface area contributed by atoms with Gasteiger partial charge in [-0.2, -0.15) is 0 Å². The number of hydrogen-bond donors (Lipinski definition) is 0. The molecule has 2 saturated heterocycles. The smallest absolute Gasteiger partial charge is 0.228 e. The Morgan fingerprint density at radius 2 is 1.84 bits per heavy atom. The van der Waals surface area contributed by atoms with Crippen molar-refractivity contribution in [1.82, 2.24) is 14.8 Å². The molecule has 37 heavy (non-hydrogen) atoms. The third-order valence-electron chi connectivity index (χ3n) is 8.30. The van der Waals surface area contributed by atoms with Crippen LogP contribution in [0.2, 0.25) is 5.02 Å². The second-order valence-corrected chi connectivity index (χ2v) is 11.4. The molecular weight excluding hydrogens is 500 g/mol. The van der Waals surface area contributed by atoms with E-state index in [2.05, 4.69) is 4.98 Å². The summed E-state index contributed by atoms with van der Waals surface area (Å²) in [6.45, 7) is 5.78. The minimum Gasteiger partial charge on any atom is -0.474 e. The third-order valence-corrected chi connectivity index (χ3v) is 8.52. The maximum absolute atomic E-state index is 14.9. The maximum Gasteiger partial charge on any atom is 0.228 e. The van der Waals surface area contributed by atoms with Crippen molar-refractivity contribution in [2.75, 3.05) is 26.2 Å². The Bertz CT molecular complexity index is 1170. The molecule has 1 saturated carbocycles. The van der Waals surface area contributed by atoms with Crippen LogP contribution in [0.15, 0.2) is 36.5 Å². The molecule has 9 heteroatoms. The van der Waals surface area contributed by atoms with E-state index in [-0.39, 0.29) is 41.1 Å². The van der Waals surface area contributed by atoms with Gasteiger partial charge in [-0.15, -0.1) is 0 Å². The molecule has 3 atom stereocenters. The minimum absolute atomic E-state index is 0.0246. The summed E-state index contributed by atoms with van der Waals surface area (Å²) in [7, 11) is 0. The fourth-order valence-corrected chi connectivity index (χ4v) is 5.81. The molecule has 2 amide bonds. The van der Waals surface area contributed by atoms with Crippen LogP contribution in [0.4, 0.5) is 8.78 Å². The summed E-state index contributed by atoms with van der Waals surface area (Å²) in [6.07, 6.45) is 4.22. The van der Waals surface area contributed by atoms with Gasteiger partial charge in [0.2, 0.25) is 17.7 Å². The highest BCUT2D eigenvalue weighted by Crippen LogP contribution is 2.47. The lowest BCUT2D eigenvalue weighted by atomic mass is 9.85. The molecule has 2 aliphatic heterocycles.